The van der Waals surface area contributed by atoms with Crippen molar-refractivity contribution < 1.29 is 18.0 Å². The van der Waals surface area contributed by atoms with Gasteiger partial charge in [-0.3, -0.25) is 13.9 Å². The van der Waals surface area contributed by atoms with E-state index in [1.165, 1.54) is 19.1 Å². The zero-order valence-corrected chi connectivity index (χ0v) is 19.7. The minimum absolute atomic E-state index is 0.270. The van der Waals surface area contributed by atoms with Crippen molar-refractivity contribution in [3.05, 3.63) is 95.0 Å². The highest BCUT2D eigenvalue weighted by Crippen LogP contribution is 2.24. The Morgan fingerprint density at radius 3 is 2.18 bits per heavy atom. The fraction of sp³-hybridized carbons (Fsp3) is 0.167. The summed E-state index contributed by atoms with van der Waals surface area (Å²) in [6.07, 6.45) is 1.02. The number of rotatable bonds is 8. The molecule has 0 unspecified atom stereocenters. The molecular formula is C24H24ClN3O4S. The molecule has 9 heteroatoms. The number of hydrogen-bond donors (Lipinski definition) is 2. The average Bonchev–Trinajstić information content (AvgIpc) is 2.79. The summed E-state index contributed by atoms with van der Waals surface area (Å²) in [4.78, 5) is 25.8. The Balaban J connectivity index is 1.79. The normalized spacial score (nSPS) is 12.0. The van der Waals surface area contributed by atoms with Crippen LogP contribution in [-0.4, -0.2) is 32.5 Å². The third-order valence-corrected chi connectivity index (χ3v) is 6.39. The minimum Gasteiger partial charge on any atom is -0.348 e. The first kappa shape index (κ1) is 24.3. The van der Waals surface area contributed by atoms with E-state index in [0.29, 0.717) is 17.3 Å². The molecule has 2 N–H and O–H groups in total. The molecule has 0 aliphatic heterocycles. The molecular weight excluding hydrogens is 462 g/mol. The number of benzene rings is 3. The number of halogens is 1. The van der Waals surface area contributed by atoms with Crippen molar-refractivity contribution in [3.8, 4) is 0 Å². The monoisotopic (exact) mass is 485 g/mol. The predicted octanol–water partition coefficient (Wildman–Crippen LogP) is 4.06. The van der Waals surface area contributed by atoms with Crippen LogP contribution >= 0.6 is 11.6 Å². The lowest BCUT2D eigenvalue weighted by atomic mass is 10.1. The zero-order valence-electron chi connectivity index (χ0n) is 18.2. The molecule has 3 aromatic carbocycles. The summed E-state index contributed by atoms with van der Waals surface area (Å²) in [5.74, 6) is -0.946. The van der Waals surface area contributed by atoms with Gasteiger partial charge in [-0.2, -0.15) is 0 Å². The summed E-state index contributed by atoms with van der Waals surface area (Å²) in [5.41, 5.74) is 1.79. The van der Waals surface area contributed by atoms with Crippen molar-refractivity contribution >= 4 is 44.8 Å². The Hall–Kier alpha value is -3.36. The summed E-state index contributed by atoms with van der Waals surface area (Å²) in [5, 5.41) is 5.96. The van der Waals surface area contributed by atoms with E-state index in [1.807, 2.05) is 30.3 Å². The van der Waals surface area contributed by atoms with Gasteiger partial charge in [0.2, 0.25) is 15.9 Å². The van der Waals surface area contributed by atoms with Crippen LogP contribution in [0.3, 0.4) is 0 Å². The second-order valence-corrected chi connectivity index (χ2v) is 9.71. The number of sulfonamides is 1. The smallest absolute Gasteiger partial charge is 0.253 e. The van der Waals surface area contributed by atoms with Gasteiger partial charge in [-0.25, -0.2) is 8.42 Å². The first-order valence-electron chi connectivity index (χ1n) is 10.1. The van der Waals surface area contributed by atoms with Gasteiger partial charge >= 0.3 is 0 Å². The number of anilines is 2. The maximum atomic E-state index is 13.0. The van der Waals surface area contributed by atoms with Gasteiger partial charge in [0.15, 0.2) is 0 Å². The number of para-hydroxylation sites is 1. The zero-order chi connectivity index (χ0) is 24.0. The van der Waals surface area contributed by atoms with Gasteiger partial charge in [0.1, 0.15) is 6.04 Å². The quantitative estimate of drug-likeness (QED) is 0.503. The molecule has 3 aromatic rings. The van der Waals surface area contributed by atoms with Gasteiger partial charge in [-0.05, 0) is 48.9 Å². The molecule has 0 saturated heterocycles. The van der Waals surface area contributed by atoms with E-state index in [4.69, 9.17) is 11.6 Å². The number of carbonyl (C=O) groups excluding carboxylic acids is 2. The Morgan fingerprint density at radius 2 is 1.55 bits per heavy atom. The Labute approximate surface area is 198 Å². The lowest BCUT2D eigenvalue weighted by Gasteiger charge is -2.28. The van der Waals surface area contributed by atoms with E-state index in [1.54, 1.807) is 36.4 Å². The van der Waals surface area contributed by atoms with Crippen LogP contribution in [0, 0.1) is 0 Å². The van der Waals surface area contributed by atoms with Crippen LogP contribution in [0.2, 0.25) is 5.02 Å². The highest BCUT2D eigenvalue weighted by molar-refractivity contribution is 7.92. The summed E-state index contributed by atoms with van der Waals surface area (Å²) in [6.45, 7) is 1.81. The fourth-order valence-corrected chi connectivity index (χ4v) is 4.60. The molecule has 1 atom stereocenters. The average molecular weight is 486 g/mol. The number of nitrogens with one attached hydrogen (secondary N) is 2. The van der Waals surface area contributed by atoms with Gasteiger partial charge in [-0.15, -0.1) is 0 Å². The number of amides is 2. The SMILES string of the molecule is C[C@@H](C(=O)Nc1ccccc1C(=O)NCc1ccccc1)N(c1ccc(Cl)cc1)S(C)(=O)=O. The number of nitrogens with zero attached hydrogens (tertiary/aromatic N) is 1. The molecule has 7 nitrogen and oxygen atoms in total. The minimum atomic E-state index is -3.78. The molecule has 3 rings (SSSR count). The first-order chi connectivity index (χ1) is 15.7. The van der Waals surface area contributed by atoms with Gasteiger partial charge in [0.05, 0.1) is 23.2 Å². The lowest BCUT2D eigenvalue weighted by Crippen LogP contribution is -2.45. The number of carbonyl (C=O) groups is 2. The van der Waals surface area contributed by atoms with E-state index in [0.717, 1.165) is 16.1 Å². The molecule has 2 amide bonds. The molecule has 33 heavy (non-hydrogen) atoms. The summed E-state index contributed by atoms with van der Waals surface area (Å²) in [7, 11) is -3.78. The van der Waals surface area contributed by atoms with E-state index in [-0.39, 0.29) is 17.2 Å². The molecule has 0 fully saturated rings. The van der Waals surface area contributed by atoms with E-state index in [9.17, 15) is 18.0 Å². The summed E-state index contributed by atoms with van der Waals surface area (Å²) < 4.78 is 25.9. The summed E-state index contributed by atoms with van der Waals surface area (Å²) in [6, 6.07) is 21.1. The lowest BCUT2D eigenvalue weighted by molar-refractivity contribution is -0.116. The third-order valence-electron chi connectivity index (χ3n) is 4.90. The number of hydrogen-bond acceptors (Lipinski definition) is 4. The van der Waals surface area contributed by atoms with Gasteiger partial charge < -0.3 is 10.6 Å². The molecule has 0 aliphatic carbocycles. The largest absolute Gasteiger partial charge is 0.348 e. The van der Waals surface area contributed by atoms with Gasteiger partial charge in [0, 0.05) is 11.6 Å². The molecule has 0 saturated carbocycles. The van der Waals surface area contributed by atoms with Gasteiger partial charge in [0.25, 0.3) is 5.91 Å². The highest BCUT2D eigenvalue weighted by atomic mass is 35.5. The van der Waals surface area contributed by atoms with Gasteiger partial charge in [-0.1, -0.05) is 54.1 Å². The topological polar surface area (TPSA) is 95.6 Å². The maximum absolute atomic E-state index is 13.0. The highest BCUT2D eigenvalue weighted by Gasteiger charge is 2.29. The Kier molecular flexibility index (Phi) is 7.73. The molecule has 172 valence electrons. The van der Waals surface area contributed by atoms with Crippen LogP contribution in [0.4, 0.5) is 11.4 Å². The second-order valence-electron chi connectivity index (χ2n) is 7.41. The van der Waals surface area contributed by atoms with Crippen LogP contribution in [0.5, 0.6) is 0 Å². The molecule has 0 bridgehead atoms. The maximum Gasteiger partial charge on any atom is 0.253 e. The van der Waals surface area contributed by atoms with Crippen molar-refractivity contribution in [2.75, 3.05) is 15.9 Å². The predicted molar refractivity (Wildman–Crippen MR) is 131 cm³/mol. The Bertz CT molecular complexity index is 1230. The molecule has 0 radical (unpaired) electrons. The third kappa shape index (κ3) is 6.34. The Morgan fingerprint density at radius 1 is 0.939 bits per heavy atom. The molecule has 0 spiro atoms. The van der Waals surface area contributed by atoms with E-state index < -0.39 is 22.0 Å². The van der Waals surface area contributed by atoms with Crippen LogP contribution < -0.4 is 14.9 Å². The second kappa shape index (κ2) is 10.5. The van der Waals surface area contributed by atoms with Crippen molar-refractivity contribution in [2.24, 2.45) is 0 Å². The van der Waals surface area contributed by atoms with Crippen LogP contribution in [0.25, 0.3) is 0 Å². The van der Waals surface area contributed by atoms with Crippen molar-refractivity contribution in [1.29, 1.82) is 0 Å². The van der Waals surface area contributed by atoms with Crippen LogP contribution in [0.1, 0.15) is 22.8 Å². The molecule has 0 aliphatic rings. The van der Waals surface area contributed by atoms with Crippen molar-refractivity contribution in [2.45, 2.75) is 19.5 Å². The fourth-order valence-electron chi connectivity index (χ4n) is 3.30. The van der Waals surface area contributed by atoms with E-state index in [2.05, 4.69) is 10.6 Å². The first-order valence-corrected chi connectivity index (χ1v) is 12.4. The van der Waals surface area contributed by atoms with Crippen molar-refractivity contribution in [3.63, 3.8) is 0 Å². The van der Waals surface area contributed by atoms with Crippen LogP contribution in [0.15, 0.2) is 78.9 Å². The molecule has 0 aromatic heterocycles. The molecule has 0 heterocycles. The standard InChI is InChI=1S/C24H24ClN3O4S/c1-17(28(33(2,31)32)20-14-12-19(25)13-15-20)23(29)27-22-11-7-6-10-21(22)24(30)26-16-18-8-4-3-5-9-18/h3-15,17H,16H2,1-2H3,(H,26,30)(H,27,29)/t17-/m0/s1. The summed E-state index contributed by atoms with van der Waals surface area (Å²) >= 11 is 5.91. The van der Waals surface area contributed by atoms with Crippen molar-refractivity contribution in [1.82, 2.24) is 5.32 Å². The van der Waals surface area contributed by atoms with E-state index >= 15 is 0 Å². The van der Waals surface area contributed by atoms with Crippen LogP contribution in [-0.2, 0) is 21.4 Å².